The van der Waals surface area contributed by atoms with E-state index in [1.54, 1.807) is 0 Å². The van der Waals surface area contributed by atoms with Crippen LogP contribution in [-0.2, 0) is 0 Å². The lowest BCUT2D eigenvalue weighted by Gasteiger charge is -2.46. The van der Waals surface area contributed by atoms with Crippen LogP contribution in [-0.4, -0.2) is 16.0 Å². The molecule has 0 saturated heterocycles. The van der Waals surface area contributed by atoms with Crippen LogP contribution in [0.25, 0.3) is 0 Å². The van der Waals surface area contributed by atoms with E-state index in [1.165, 1.54) is 21.5 Å². The summed E-state index contributed by atoms with van der Waals surface area (Å²) >= 11 is 0. The molecule has 1 unspecified atom stereocenters. The average Bonchev–Trinajstić information content (AvgIpc) is 3.11. The molecule has 0 amide bonds. The highest BCUT2D eigenvalue weighted by Crippen LogP contribution is 2.67. The molecule has 0 aromatic heterocycles. The Bertz CT molecular complexity index is 865. The van der Waals surface area contributed by atoms with Gasteiger partial charge in [-0.3, -0.25) is 0 Å². The van der Waals surface area contributed by atoms with Crippen molar-refractivity contribution in [2.75, 3.05) is 0 Å². The molecule has 1 aromatic carbocycles. The van der Waals surface area contributed by atoms with Gasteiger partial charge in [-0.15, -0.1) is 5.73 Å². The first-order valence-electron chi connectivity index (χ1n) is 10.6. The van der Waals surface area contributed by atoms with Crippen LogP contribution in [0.4, 0.5) is 0 Å². The highest BCUT2D eigenvalue weighted by atomic mass is 31.1. The lowest BCUT2D eigenvalue weighted by molar-refractivity contribution is 0.695. The summed E-state index contributed by atoms with van der Waals surface area (Å²) in [6.07, 6.45) is 14.6. The number of rotatable bonds is 5. The number of hydrogen-bond donors (Lipinski definition) is 0. The van der Waals surface area contributed by atoms with E-state index < -0.39 is 7.92 Å². The van der Waals surface area contributed by atoms with Crippen molar-refractivity contribution >= 4 is 21.1 Å². The van der Waals surface area contributed by atoms with Gasteiger partial charge in [0.15, 0.2) is 0 Å². The fraction of sp³-hybridized carbons (Fsp3) is 0.407. The molecule has 2 aliphatic rings. The highest BCUT2D eigenvalue weighted by molar-refractivity contribution is 7.74. The Labute approximate surface area is 181 Å². The first kappa shape index (κ1) is 22.5. The summed E-state index contributed by atoms with van der Waals surface area (Å²) in [6, 6.07) is 11.1. The van der Waals surface area contributed by atoms with Crippen molar-refractivity contribution < 1.29 is 0 Å². The monoisotopic (exact) mass is 421 g/mol. The zero-order valence-electron chi connectivity index (χ0n) is 19.0. The Kier molecular flexibility index (Phi) is 6.91. The van der Waals surface area contributed by atoms with E-state index in [9.17, 15) is 0 Å². The minimum absolute atomic E-state index is 0.244. The lowest BCUT2D eigenvalue weighted by Crippen LogP contribution is -2.31. The lowest BCUT2D eigenvalue weighted by atomic mass is 10.2. The quantitative estimate of drug-likeness (QED) is 0.331. The van der Waals surface area contributed by atoms with Crippen LogP contribution in [0, 0.1) is 6.42 Å². The SMILES string of the molecule is C[C@@H](C1=C=CC=C1P(C1=C[CH]C=CC1)c1ccccc1)P(C(C)(C)C)C(C)(C)C. The summed E-state index contributed by atoms with van der Waals surface area (Å²) < 4.78 is 0. The van der Waals surface area contributed by atoms with Crippen LogP contribution >= 0.6 is 15.8 Å². The van der Waals surface area contributed by atoms with E-state index in [0.29, 0.717) is 16.0 Å². The largest absolute Gasteiger partial charge is 0.116 e. The van der Waals surface area contributed by atoms with Gasteiger partial charge in [-0.05, 0) is 52.7 Å². The summed E-state index contributed by atoms with van der Waals surface area (Å²) in [5.41, 5.74) is 5.67. The fourth-order valence-corrected chi connectivity index (χ4v) is 12.5. The van der Waals surface area contributed by atoms with Crippen molar-refractivity contribution in [2.24, 2.45) is 0 Å². The molecule has 153 valence electrons. The van der Waals surface area contributed by atoms with Crippen LogP contribution < -0.4 is 5.30 Å². The van der Waals surface area contributed by atoms with Crippen LogP contribution in [0.1, 0.15) is 54.9 Å². The summed E-state index contributed by atoms with van der Waals surface area (Å²) in [5.74, 6) is 0. The summed E-state index contributed by atoms with van der Waals surface area (Å²) in [4.78, 5) is 0. The van der Waals surface area contributed by atoms with E-state index >= 15 is 0 Å². The Morgan fingerprint density at radius 3 is 2.14 bits per heavy atom. The van der Waals surface area contributed by atoms with Gasteiger partial charge in [0, 0.05) is 17.7 Å². The molecule has 2 atom stereocenters. The standard InChI is InChI=1S/C27H35P2/c1-21(29(26(2,3)4)27(5,6)7)24-19-14-20-25(24)28(22-15-10-8-11-16-22)23-17-12-9-13-18-23/h8-17,20-21H,18H2,1-7H3/t21-,28?/m0/s1. The summed E-state index contributed by atoms with van der Waals surface area (Å²) in [7, 11) is -0.768. The molecule has 0 bridgehead atoms. The molecule has 2 heteroatoms. The normalized spacial score (nSPS) is 19.1. The van der Waals surface area contributed by atoms with Crippen LogP contribution in [0.3, 0.4) is 0 Å². The average molecular weight is 422 g/mol. The molecule has 1 radical (unpaired) electrons. The minimum Gasteiger partial charge on any atom is -0.116 e. The van der Waals surface area contributed by atoms with Crippen molar-refractivity contribution in [1.82, 2.24) is 0 Å². The van der Waals surface area contributed by atoms with Gasteiger partial charge in [-0.1, -0.05) is 105 Å². The molecule has 0 spiro atoms. The third-order valence-electron chi connectivity index (χ3n) is 5.41. The maximum atomic E-state index is 3.70. The van der Waals surface area contributed by atoms with Crippen molar-refractivity contribution in [1.29, 1.82) is 0 Å². The Balaban J connectivity index is 2.02. The molecule has 29 heavy (non-hydrogen) atoms. The zero-order valence-corrected chi connectivity index (χ0v) is 20.8. The van der Waals surface area contributed by atoms with Crippen LogP contribution in [0.2, 0.25) is 0 Å². The molecular weight excluding hydrogens is 386 g/mol. The third kappa shape index (κ3) is 5.12. The summed E-state index contributed by atoms with van der Waals surface area (Å²) in [5, 5.41) is 5.09. The number of allylic oxidation sites excluding steroid dienone is 7. The minimum atomic E-state index is -0.524. The highest BCUT2D eigenvalue weighted by Gasteiger charge is 2.41. The molecular formula is C27H35P2. The van der Waals surface area contributed by atoms with Gasteiger partial charge >= 0.3 is 0 Å². The van der Waals surface area contributed by atoms with E-state index in [-0.39, 0.29) is 7.92 Å². The molecule has 2 aliphatic carbocycles. The van der Waals surface area contributed by atoms with Crippen molar-refractivity contribution in [3.05, 3.63) is 89.1 Å². The van der Waals surface area contributed by atoms with E-state index in [1.807, 2.05) is 0 Å². The van der Waals surface area contributed by atoms with E-state index in [2.05, 4.69) is 121 Å². The molecule has 0 nitrogen and oxygen atoms in total. The Morgan fingerprint density at radius 2 is 1.59 bits per heavy atom. The van der Waals surface area contributed by atoms with Crippen molar-refractivity contribution in [3.63, 3.8) is 0 Å². The predicted molar refractivity (Wildman–Crippen MR) is 135 cm³/mol. The van der Waals surface area contributed by atoms with Gasteiger partial charge in [0.2, 0.25) is 0 Å². The molecule has 0 aliphatic heterocycles. The van der Waals surface area contributed by atoms with Gasteiger partial charge in [-0.25, -0.2) is 0 Å². The Morgan fingerprint density at radius 1 is 0.931 bits per heavy atom. The third-order valence-corrected chi connectivity index (χ3v) is 11.9. The van der Waals surface area contributed by atoms with Crippen LogP contribution in [0.5, 0.6) is 0 Å². The van der Waals surface area contributed by atoms with Gasteiger partial charge in [-0.2, -0.15) is 0 Å². The fourth-order valence-electron chi connectivity index (χ4n) is 4.91. The second-order valence-electron chi connectivity index (χ2n) is 9.82. The second-order valence-corrected chi connectivity index (χ2v) is 16.3. The molecule has 0 N–H and O–H groups in total. The van der Waals surface area contributed by atoms with Gasteiger partial charge in [0.1, 0.15) is 0 Å². The number of benzene rings is 1. The molecule has 0 saturated carbocycles. The van der Waals surface area contributed by atoms with Gasteiger partial charge in [0.25, 0.3) is 0 Å². The maximum Gasteiger partial charge on any atom is 0.0103 e. The van der Waals surface area contributed by atoms with Crippen molar-refractivity contribution in [2.45, 2.75) is 70.9 Å². The maximum absolute atomic E-state index is 3.70. The van der Waals surface area contributed by atoms with E-state index in [0.717, 1.165) is 6.42 Å². The first-order valence-corrected chi connectivity index (χ1v) is 13.4. The van der Waals surface area contributed by atoms with Crippen LogP contribution in [0.15, 0.2) is 82.6 Å². The number of hydrogen-bond acceptors (Lipinski definition) is 0. The zero-order chi connectivity index (χ0) is 21.2. The topological polar surface area (TPSA) is 0 Å². The van der Waals surface area contributed by atoms with Crippen molar-refractivity contribution in [3.8, 4) is 0 Å². The molecule has 0 fully saturated rings. The second kappa shape index (κ2) is 8.90. The van der Waals surface area contributed by atoms with Gasteiger partial charge in [0.05, 0.1) is 0 Å². The molecule has 3 rings (SSSR count). The first-order chi connectivity index (χ1) is 13.6. The van der Waals surface area contributed by atoms with Gasteiger partial charge < -0.3 is 0 Å². The molecule has 0 heterocycles. The smallest absolute Gasteiger partial charge is 0.0103 e. The van der Waals surface area contributed by atoms with E-state index in [4.69, 9.17) is 0 Å². The molecule has 1 aromatic rings. The predicted octanol–water partition coefficient (Wildman–Crippen LogP) is 8.29. The Hall–Kier alpha value is -1.18. The summed E-state index contributed by atoms with van der Waals surface area (Å²) in [6.45, 7) is 17.0.